The van der Waals surface area contributed by atoms with Gasteiger partial charge in [-0.25, -0.2) is 9.78 Å². The summed E-state index contributed by atoms with van der Waals surface area (Å²) in [5, 5.41) is 0. The number of imidazole rings is 1. The Labute approximate surface area is 143 Å². The second kappa shape index (κ2) is 6.20. The third-order valence-corrected chi connectivity index (χ3v) is 4.83. The number of rotatable bonds is 4. The Morgan fingerprint density at radius 3 is 2.50 bits per heavy atom. The second-order valence-corrected chi connectivity index (χ2v) is 6.90. The number of carbonyl (C=O) groups is 2. The van der Waals surface area contributed by atoms with Gasteiger partial charge in [0.15, 0.2) is 11.2 Å². The minimum absolute atomic E-state index is 0.194. The lowest BCUT2D eigenvalue weighted by Gasteiger charge is -2.07. The number of fused-ring (bicyclic) bond motifs is 1. The third kappa shape index (κ3) is 2.73. The maximum Gasteiger partial charge on any atom is 0.350 e. The zero-order valence-electron chi connectivity index (χ0n) is 14.0. The highest BCUT2D eigenvalue weighted by molar-refractivity contribution is 7.19. The van der Waals surface area contributed by atoms with E-state index in [0.717, 1.165) is 17.4 Å². The average Bonchev–Trinajstić information content (AvgIpc) is 3.04. The molecule has 6 heteroatoms. The Kier molecular flexibility index (Phi) is 4.24. The lowest BCUT2D eigenvalue weighted by Crippen LogP contribution is -2.11. The van der Waals surface area contributed by atoms with Gasteiger partial charge in [-0.3, -0.25) is 9.20 Å². The maximum absolute atomic E-state index is 12.2. The number of hydrogen-bond donors (Lipinski definition) is 0. The summed E-state index contributed by atoms with van der Waals surface area (Å²) in [6, 6.07) is 7.85. The lowest BCUT2D eigenvalue weighted by atomic mass is 10.1. The number of nitrogens with zero attached hydrogens (tertiary/aromatic N) is 2. The van der Waals surface area contributed by atoms with E-state index >= 15 is 0 Å². The van der Waals surface area contributed by atoms with Crippen molar-refractivity contribution < 1.29 is 14.3 Å². The number of carbonyl (C=O) groups excluding carboxylic acids is 2. The van der Waals surface area contributed by atoms with Gasteiger partial charge >= 0.3 is 5.97 Å². The molecule has 0 fully saturated rings. The smallest absolute Gasteiger partial charge is 0.350 e. The van der Waals surface area contributed by atoms with Gasteiger partial charge in [-0.05, 0) is 27.7 Å². The molecule has 24 heavy (non-hydrogen) atoms. The molecule has 0 atom stereocenters. The molecule has 0 saturated carbocycles. The van der Waals surface area contributed by atoms with Crippen LogP contribution in [0.4, 0.5) is 0 Å². The topological polar surface area (TPSA) is 60.7 Å². The second-order valence-electron chi connectivity index (χ2n) is 5.92. The van der Waals surface area contributed by atoms with Crippen molar-refractivity contribution in [3.8, 4) is 11.3 Å². The van der Waals surface area contributed by atoms with Gasteiger partial charge in [-0.15, -0.1) is 0 Å². The van der Waals surface area contributed by atoms with E-state index < -0.39 is 0 Å². The van der Waals surface area contributed by atoms with Gasteiger partial charge < -0.3 is 4.74 Å². The Balaban J connectivity index is 2.14. The van der Waals surface area contributed by atoms with E-state index in [4.69, 9.17) is 4.74 Å². The number of benzene rings is 1. The molecule has 0 bridgehead atoms. The van der Waals surface area contributed by atoms with Crippen LogP contribution in [0.3, 0.4) is 0 Å². The van der Waals surface area contributed by atoms with Crippen LogP contribution in [-0.4, -0.2) is 27.7 Å². The van der Waals surface area contributed by atoms with Crippen LogP contribution < -0.4 is 0 Å². The van der Waals surface area contributed by atoms with Crippen LogP contribution in [0.1, 0.15) is 45.3 Å². The van der Waals surface area contributed by atoms with Gasteiger partial charge in [0.25, 0.3) is 0 Å². The van der Waals surface area contributed by atoms with Gasteiger partial charge in [0, 0.05) is 11.3 Å². The first-order valence-corrected chi connectivity index (χ1v) is 8.49. The number of aromatic nitrogens is 2. The first-order valence-electron chi connectivity index (χ1n) is 7.67. The molecule has 0 radical (unpaired) electrons. The molecule has 124 valence electrons. The van der Waals surface area contributed by atoms with Crippen molar-refractivity contribution in [1.82, 2.24) is 9.38 Å². The fourth-order valence-electron chi connectivity index (χ4n) is 2.56. The molecule has 2 aromatic heterocycles. The van der Waals surface area contributed by atoms with Crippen molar-refractivity contribution in [3.63, 3.8) is 0 Å². The van der Waals surface area contributed by atoms with Gasteiger partial charge in [0.1, 0.15) is 16.3 Å². The largest absolute Gasteiger partial charge is 0.459 e. The fourth-order valence-corrected chi connectivity index (χ4v) is 3.58. The molecule has 0 aliphatic rings. The summed E-state index contributed by atoms with van der Waals surface area (Å²) in [5.41, 5.74) is 3.77. The molecule has 2 heterocycles. The quantitative estimate of drug-likeness (QED) is 0.530. The Hall–Kier alpha value is -2.47. The molecule has 0 saturated heterocycles. The van der Waals surface area contributed by atoms with Crippen molar-refractivity contribution >= 4 is 28.6 Å². The summed E-state index contributed by atoms with van der Waals surface area (Å²) in [6.45, 7) is 7.41. The van der Waals surface area contributed by atoms with Crippen LogP contribution in [-0.2, 0) is 4.74 Å². The Morgan fingerprint density at radius 1 is 1.25 bits per heavy atom. The van der Waals surface area contributed by atoms with E-state index in [2.05, 4.69) is 4.98 Å². The summed E-state index contributed by atoms with van der Waals surface area (Å²) in [4.78, 5) is 29.5. The molecule has 3 aromatic rings. The molecule has 0 aliphatic carbocycles. The molecule has 0 aliphatic heterocycles. The van der Waals surface area contributed by atoms with Crippen molar-refractivity contribution in [1.29, 1.82) is 0 Å². The third-order valence-electron chi connectivity index (χ3n) is 3.70. The summed E-state index contributed by atoms with van der Waals surface area (Å²) in [7, 11) is 0. The van der Waals surface area contributed by atoms with Gasteiger partial charge in [0.05, 0.1) is 6.10 Å². The minimum Gasteiger partial charge on any atom is -0.459 e. The number of esters is 1. The van der Waals surface area contributed by atoms with E-state index in [0.29, 0.717) is 26.9 Å². The van der Waals surface area contributed by atoms with Gasteiger partial charge in [0.2, 0.25) is 0 Å². The highest BCUT2D eigenvalue weighted by Crippen LogP contribution is 2.31. The fraction of sp³-hybridized carbons (Fsp3) is 0.278. The van der Waals surface area contributed by atoms with Gasteiger partial charge in [-0.2, -0.15) is 0 Å². The SMILES string of the molecule is Cc1ccc(-c2nc3sc(C(=O)OC(C)C)c(C)n3c2C=O)cc1. The van der Waals surface area contributed by atoms with Crippen LogP contribution in [0.2, 0.25) is 0 Å². The predicted molar refractivity (Wildman–Crippen MR) is 93.9 cm³/mol. The summed E-state index contributed by atoms with van der Waals surface area (Å²) in [6.07, 6.45) is 0.590. The lowest BCUT2D eigenvalue weighted by molar-refractivity contribution is 0.0382. The van der Waals surface area contributed by atoms with E-state index in [1.807, 2.05) is 31.2 Å². The molecule has 0 unspecified atom stereocenters. The van der Waals surface area contributed by atoms with E-state index in [1.54, 1.807) is 25.2 Å². The number of thiazole rings is 1. The van der Waals surface area contributed by atoms with E-state index in [9.17, 15) is 9.59 Å². The van der Waals surface area contributed by atoms with E-state index in [1.165, 1.54) is 11.3 Å². The normalized spacial score (nSPS) is 11.2. The number of aldehydes is 1. The monoisotopic (exact) mass is 342 g/mol. The van der Waals surface area contributed by atoms with E-state index in [-0.39, 0.29) is 12.1 Å². The molecular weight excluding hydrogens is 324 g/mol. The molecular formula is C18H18N2O3S. The van der Waals surface area contributed by atoms with Crippen LogP contribution >= 0.6 is 11.3 Å². The summed E-state index contributed by atoms with van der Waals surface area (Å²) >= 11 is 1.24. The summed E-state index contributed by atoms with van der Waals surface area (Å²) < 4.78 is 6.99. The molecule has 3 rings (SSSR count). The Bertz CT molecular complexity index is 920. The summed E-state index contributed by atoms with van der Waals surface area (Å²) in [5.74, 6) is -0.383. The van der Waals surface area contributed by atoms with Gasteiger partial charge in [-0.1, -0.05) is 41.2 Å². The van der Waals surface area contributed by atoms with Crippen molar-refractivity contribution in [3.05, 3.63) is 46.1 Å². The van der Waals surface area contributed by atoms with Crippen molar-refractivity contribution in [2.24, 2.45) is 0 Å². The van der Waals surface area contributed by atoms with Crippen molar-refractivity contribution in [2.45, 2.75) is 33.8 Å². The van der Waals surface area contributed by atoms with Crippen LogP contribution in [0.5, 0.6) is 0 Å². The average molecular weight is 342 g/mol. The number of hydrogen-bond acceptors (Lipinski definition) is 5. The zero-order valence-corrected chi connectivity index (χ0v) is 14.8. The van der Waals surface area contributed by atoms with Crippen molar-refractivity contribution in [2.75, 3.05) is 0 Å². The number of aryl methyl sites for hydroxylation is 2. The first-order chi connectivity index (χ1) is 11.4. The molecule has 0 N–H and O–H groups in total. The first kappa shape index (κ1) is 16.4. The van der Waals surface area contributed by atoms with Crippen LogP contribution in [0, 0.1) is 13.8 Å². The molecule has 5 nitrogen and oxygen atoms in total. The minimum atomic E-state index is -0.383. The predicted octanol–water partition coefficient (Wildman–Crippen LogP) is 4.06. The molecule has 1 aromatic carbocycles. The maximum atomic E-state index is 12.2. The standard InChI is InChI=1S/C18H18N2O3S/c1-10(2)23-17(22)16-12(4)20-14(9-21)15(19-18(20)24-16)13-7-5-11(3)6-8-13/h5-10H,1-4H3. The number of ether oxygens (including phenoxy) is 1. The highest BCUT2D eigenvalue weighted by Gasteiger charge is 2.23. The Morgan fingerprint density at radius 2 is 1.92 bits per heavy atom. The highest BCUT2D eigenvalue weighted by atomic mass is 32.1. The van der Waals surface area contributed by atoms with Crippen LogP contribution in [0.25, 0.3) is 16.2 Å². The molecule has 0 spiro atoms. The zero-order chi connectivity index (χ0) is 17.4. The molecule has 0 amide bonds. The van der Waals surface area contributed by atoms with Crippen LogP contribution in [0.15, 0.2) is 24.3 Å².